The second-order valence-electron chi connectivity index (χ2n) is 10.1. The van der Waals surface area contributed by atoms with Crippen LogP contribution >= 0.6 is 0 Å². The molecule has 186 valence electrons. The number of piperazine rings is 1. The molecule has 4 aromatic rings. The normalized spacial score (nSPS) is 18.6. The predicted octanol–water partition coefficient (Wildman–Crippen LogP) is 4.33. The Kier molecular flexibility index (Phi) is 5.89. The Labute approximate surface area is 210 Å². The zero-order valence-electron chi connectivity index (χ0n) is 21.0. The molecule has 1 unspecified atom stereocenters. The number of imidazole rings is 1. The van der Waals surface area contributed by atoms with E-state index >= 15 is 0 Å². The fourth-order valence-electron chi connectivity index (χ4n) is 5.28. The van der Waals surface area contributed by atoms with E-state index < -0.39 is 5.82 Å². The van der Waals surface area contributed by atoms with Gasteiger partial charge in [-0.25, -0.2) is 24.3 Å². The molecule has 1 fully saturated rings. The molecule has 0 saturated carbocycles. The average Bonchev–Trinajstić information content (AvgIpc) is 3.43. The van der Waals surface area contributed by atoms with Gasteiger partial charge in [0.15, 0.2) is 5.82 Å². The van der Waals surface area contributed by atoms with Crippen molar-refractivity contribution in [2.24, 2.45) is 0 Å². The maximum absolute atomic E-state index is 14.9. The number of aromatic nitrogens is 5. The van der Waals surface area contributed by atoms with Gasteiger partial charge in [0.05, 0.1) is 17.2 Å². The van der Waals surface area contributed by atoms with Gasteiger partial charge in [-0.05, 0) is 56.6 Å². The van der Waals surface area contributed by atoms with Crippen molar-refractivity contribution in [1.29, 1.82) is 0 Å². The van der Waals surface area contributed by atoms with Crippen molar-refractivity contribution in [2.75, 3.05) is 38.5 Å². The number of hydrogen-bond donors (Lipinski definition) is 1. The molecule has 2 aliphatic heterocycles. The summed E-state index contributed by atoms with van der Waals surface area (Å²) in [6.45, 7) is 9.42. The first-order chi connectivity index (χ1) is 17.4. The maximum atomic E-state index is 14.9. The lowest BCUT2D eigenvalue weighted by molar-refractivity contribution is 0.148. The predicted molar refractivity (Wildman–Crippen MR) is 139 cm³/mol. The minimum Gasteiger partial charge on any atom is -0.325 e. The van der Waals surface area contributed by atoms with Crippen LogP contribution in [0.2, 0.25) is 0 Å². The summed E-state index contributed by atoms with van der Waals surface area (Å²) in [4.78, 5) is 22.8. The number of hydrogen-bond acceptors (Lipinski definition) is 7. The minimum absolute atomic E-state index is 0.269. The summed E-state index contributed by atoms with van der Waals surface area (Å²) >= 11 is 0. The molecule has 1 N–H and O–H groups in total. The number of halogens is 1. The molecule has 5 heterocycles. The highest BCUT2D eigenvalue weighted by atomic mass is 19.1. The zero-order valence-corrected chi connectivity index (χ0v) is 21.0. The Hall–Kier alpha value is -3.43. The summed E-state index contributed by atoms with van der Waals surface area (Å²) in [6, 6.07) is 8.33. The van der Waals surface area contributed by atoms with E-state index in [-0.39, 0.29) is 5.69 Å². The monoisotopic (exact) mass is 486 g/mol. The number of pyridine rings is 1. The number of anilines is 2. The summed E-state index contributed by atoms with van der Waals surface area (Å²) < 4.78 is 17.2. The van der Waals surface area contributed by atoms with Crippen molar-refractivity contribution < 1.29 is 4.39 Å². The number of rotatable bonds is 5. The van der Waals surface area contributed by atoms with Gasteiger partial charge in [-0.2, -0.15) is 0 Å². The summed E-state index contributed by atoms with van der Waals surface area (Å²) in [6.07, 6.45) is 5.15. The fourth-order valence-corrected chi connectivity index (χ4v) is 5.28. The summed E-state index contributed by atoms with van der Waals surface area (Å²) in [5.74, 6) is 1.59. The molecule has 6 rings (SSSR count). The van der Waals surface area contributed by atoms with Gasteiger partial charge in [0.1, 0.15) is 17.3 Å². The molecule has 9 heteroatoms. The zero-order chi connectivity index (χ0) is 24.8. The van der Waals surface area contributed by atoms with Crippen LogP contribution in [0.5, 0.6) is 0 Å². The second kappa shape index (κ2) is 9.22. The molecule has 8 nitrogen and oxygen atoms in total. The quantitative estimate of drug-likeness (QED) is 0.450. The van der Waals surface area contributed by atoms with E-state index in [9.17, 15) is 4.39 Å². The average molecular weight is 487 g/mol. The van der Waals surface area contributed by atoms with Gasteiger partial charge in [-0.15, -0.1) is 0 Å². The molecule has 1 saturated heterocycles. The Balaban J connectivity index is 1.23. The van der Waals surface area contributed by atoms with E-state index in [0.717, 1.165) is 79.1 Å². The molecule has 0 spiro atoms. The van der Waals surface area contributed by atoms with Gasteiger partial charge in [-0.1, -0.05) is 6.07 Å². The third-order valence-corrected chi connectivity index (χ3v) is 7.37. The highest BCUT2D eigenvalue weighted by Crippen LogP contribution is 2.35. The van der Waals surface area contributed by atoms with Crippen molar-refractivity contribution in [3.8, 4) is 11.3 Å². The molecule has 1 atom stereocenters. The van der Waals surface area contributed by atoms with Crippen LogP contribution in [0, 0.1) is 12.7 Å². The fraction of sp³-hybridized carbons (Fsp3) is 0.407. The van der Waals surface area contributed by atoms with Crippen LogP contribution < -0.4 is 5.32 Å². The first kappa shape index (κ1) is 23.0. The second-order valence-corrected chi connectivity index (χ2v) is 10.1. The molecule has 1 aromatic carbocycles. The standard InChI is InChI=1S/C27H31FN8/c1-17-12-20(13-22-25(17)32-24-7-4-18(2)36(22)24)26-21(28)15-30-27(33-26)31-23-6-5-19(14-29-23)16-35-10-8-34(3)9-11-35/h5-6,12-15,18H,4,7-11,16H2,1-3H3,(H,29,30,31,33). The molecule has 0 bridgehead atoms. The maximum Gasteiger partial charge on any atom is 0.229 e. The van der Waals surface area contributed by atoms with Gasteiger partial charge in [0, 0.05) is 56.9 Å². The number of aryl methyl sites for hydroxylation is 2. The topological polar surface area (TPSA) is 75.0 Å². The number of benzene rings is 1. The van der Waals surface area contributed by atoms with Gasteiger partial charge in [0.25, 0.3) is 0 Å². The third-order valence-electron chi connectivity index (χ3n) is 7.37. The highest BCUT2D eigenvalue weighted by Gasteiger charge is 2.24. The highest BCUT2D eigenvalue weighted by molar-refractivity contribution is 5.85. The van der Waals surface area contributed by atoms with E-state index in [1.807, 2.05) is 31.3 Å². The smallest absolute Gasteiger partial charge is 0.229 e. The van der Waals surface area contributed by atoms with E-state index in [4.69, 9.17) is 4.98 Å². The lowest BCUT2D eigenvalue weighted by Gasteiger charge is -2.32. The number of nitrogens with one attached hydrogen (secondary N) is 1. The van der Waals surface area contributed by atoms with Crippen molar-refractivity contribution in [3.63, 3.8) is 0 Å². The van der Waals surface area contributed by atoms with Crippen LogP contribution in [0.4, 0.5) is 16.2 Å². The van der Waals surface area contributed by atoms with E-state index in [1.54, 1.807) is 0 Å². The summed E-state index contributed by atoms with van der Waals surface area (Å²) in [5, 5.41) is 3.14. The Morgan fingerprint density at radius 2 is 1.89 bits per heavy atom. The van der Waals surface area contributed by atoms with Gasteiger partial charge >= 0.3 is 0 Å². The molecule has 2 aliphatic rings. The van der Waals surface area contributed by atoms with E-state index in [2.05, 4.69) is 54.7 Å². The SMILES string of the molecule is Cc1cc(-c2nc(Nc3ccc(CN4CCN(C)CC4)cn3)ncc2F)cc2c1nc1n2C(C)CC1. The van der Waals surface area contributed by atoms with Gasteiger partial charge < -0.3 is 14.8 Å². The summed E-state index contributed by atoms with van der Waals surface area (Å²) in [5.41, 5.74) is 5.19. The molecule has 0 aliphatic carbocycles. The Bertz CT molecular complexity index is 1410. The number of nitrogens with zero attached hydrogens (tertiary/aromatic N) is 7. The van der Waals surface area contributed by atoms with Crippen molar-refractivity contribution in [1.82, 2.24) is 34.3 Å². The van der Waals surface area contributed by atoms with Crippen LogP contribution in [0.25, 0.3) is 22.3 Å². The van der Waals surface area contributed by atoms with Crippen LogP contribution in [0.15, 0.2) is 36.7 Å². The molecule has 36 heavy (non-hydrogen) atoms. The molecule has 0 radical (unpaired) electrons. The number of fused-ring (bicyclic) bond motifs is 3. The van der Waals surface area contributed by atoms with Crippen LogP contribution in [-0.2, 0) is 13.0 Å². The lowest BCUT2D eigenvalue weighted by atomic mass is 10.1. The molecule has 0 amide bonds. The van der Waals surface area contributed by atoms with E-state index in [1.165, 1.54) is 6.20 Å². The molecule has 3 aromatic heterocycles. The summed E-state index contributed by atoms with van der Waals surface area (Å²) in [7, 11) is 2.16. The lowest BCUT2D eigenvalue weighted by Crippen LogP contribution is -2.43. The third kappa shape index (κ3) is 4.33. The van der Waals surface area contributed by atoms with Crippen molar-refractivity contribution >= 4 is 22.8 Å². The van der Waals surface area contributed by atoms with Gasteiger partial charge in [-0.3, -0.25) is 4.90 Å². The minimum atomic E-state index is -0.455. The van der Waals surface area contributed by atoms with Crippen LogP contribution in [0.1, 0.15) is 36.3 Å². The Morgan fingerprint density at radius 3 is 2.67 bits per heavy atom. The first-order valence-electron chi connectivity index (χ1n) is 12.6. The van der Waals surface area contributed by atoms with Crippen LogP contribution in [0.3, 0.4) is 0 Å². The van der Waals surface area contributed by atoms with E-state index in [0.29, 0.717) is 17.8 Å². The Morgan fingerprint density at radius 1 is 1.06 bits per heavy atom. The number of likely N-dealkylation sites (N-methyl/N-ethyl adjacent to an activating group) is 1. The van der Waals surface area contributed by atoms with Crippen LogP contribution in [-0.4, -0.2) is 67.5 Å². The molecular formula is C27H31FN8. The largest absolute Gasteiger partial charge is 0.325 e. The van der Waals surface area contributed by atoms with Gasteiger partial charge in [0.2, 0.25) is 5.95 Å². The molecular weight excluding hydrogens is 455 g/mol. The first-order valence-corrected chi connectivity index (χ1v) is 12.6. The van der Waals surface area contributed by atoms with Crippen molar-refractivity contribution in [2.45, 2.75) is 39.3 Å². The van der Waals surface area contributed by atoms with Crippen molar-refractivity contribution in [3.05, 3.63) is 59.4 Å².